The highest BCUT2D eigenvalue weighted by Gasteiger charge is 2.06. The van der Waals surface area contributed by atoms with Gasteiger partial charge in [0.05, 0.1) is 0 Å². The molecule has 0 unspecified atom stereocenters. The van der Waals surface area contributed by atoms with Crippen LogP contribution in [0.5, 0.6) is 11.5 Å². The summed E-state index contributed by atoms with van der Waals surface area (Å²) in [5.74, 6) is 1.81. The second kappa shape index (κ2) is 8.26. The van der Waals surface area contributed by atoms with Crippen LogP contribution >= 0.6 is 0 Å². The first kappa shape index (κ1) is 17.6. The minimum Gasteiger partial charge on any atom is -0.457 e. The van der Waals surface area contributed by atoms with Crippen molar-refractivity contribution < 1.29 is 4.74 Å². The number of ether oxygens (including phenoxy) is 1. The molecular formula is C26H26O. The van der Waals surface area contributed by atoms with Crippen LogP contribution in [0.1, 0.15) is 38.2 Å². The summed E-state index contributed by atoms with van der Waals surface area (Å²) < 4.78 is 6.24. The Morgan fingerprint density at radius 3 is 2.19 bits per heavy atom. The van der Waals surface area contributed by atoms with Gasteiger partial charge in [0.25, 0.3) is 0 Å². The monoisotopic (exact) mass is 354 g/mol. The zero-order chi connectivity index (χ0) is 18.5. The van der Waals surface area contributed by atoms with Crippen LogP contribution in [-0.2, 0) is 6.42 Å². The maximum atomic E-state index is 6.24. The van der Waals surface area contributed by atoms with Crippen molar-refractivity contribution in [3.63, 3.8) is 0 Å². The number of benzene rings is 4. The van der Waals surface area contributed by atoms with Gasteiger partial charge in [-0.3, -0.25) is 0 Å². The molecule has 0 N–H and O–H groups in total. The van der Waals surface area contributed by atoms with E-state index in [0.29, 0.717) is 0 Å². The molecule has 0 radical (unpaired) electrons. The van der Waals surface area contributed by atoms with E-state index in [-0.39, 0.29) is 0 Å². The van der Waals surface area contributed by atoms with Crippen LogP contribution in [-0.4, -0.2) is 0 Å². The number of rotatable bonds is 7. The molecule has 4 aromatic carbocycles. The van der Waals surface area contributed by atoms with E-state index in [1.54, 1.807) is 0 Å². The van der Waals surface area contributed by atoms with E-state index < -0.39 is 0 Å². The van der Waals surface area contributed by atoms with E-state index in [4.69, 9.17) is 4.74 Å². The van der Waals surface area contributed by atoms with Crippen LogP contribution in [0.3, 0.4) is 0 Å². The molecule has 0 saturated heterocycles. The van der Waals surface area contributed by atoms with Crippen LogP contribution in [0, 0.1) is 0 Å². The molecule has 0 atom stereocenters. The Labute approximate surface area is 161 Å². The molecule has 4 aromatic rings. The van der Waals surface area contributed by atoms with Gasteiger partial charge in [-0.1, -0.05) is 74.7 Å². The summed E-state index contributed by atoms with van der Waals surface area (Å²) in [5, 5.41) is 4.86. The minimum atomic E-state index is 0.896. The lowest BCUT2D eigenvalue weighted by atomic mass is 10.0. The Hall–Kier alpha value is -2.80. The van der Waals surface area contributed by atoms with E-state index in [2.05, 4.69) is 85.8 Å². The number of hydrogen-bond donors (Lipinski definition) is 0. The third kappa shape index (κ3) is 4.14. The summed E-state index contributed by atoms with van der Waals surface area (Å²) in [6, 6.07) is 27.8. The van der Waals surface area contributed by atoms with Crippen molar-refractivity contribution in [2.75, 3.05) is 0 Å². The predicted molar refractivity (Wildman–Crippen MR) is 116 cm³/mol. The molecule has 1 nitrogen and oxygen atoms in total. The molecule has 4 rings (SSSR count). The molecule has 0 amide bonds. The Kier molecular flexibility index (Phi) is 5.39. The fourth-order valence-corrected chi connectivity index (χ4v) is 3.63. The largest absolute Gasteiger partial charge is 0.457 e. The normalized spacial score (nSPS) is 11.1. The predicted octanol–water partition coefficient (Wildman–Crippen LogP) is 7.91. The third-order valence-corrected chi connectivity index (χ3v) is 5.18. The van der Waals surface area contributed by atoms with Gasteiger partial charge < -0.3 is 4.74 Å². The van der Waals surface area contributed by atoms with Crippen molar-refractivity contribution >= 4 is 21.5 Å². The van der Waals surface area contributed by atoms with Gasteiger partial charge in [0, 0.05) is 5.39 Å². The highest BCUT2D eigenvalue weighted by Crippen LogP contribution is 2.33. The van der Waals surface area contributed by atoms with E-state index >= 15 is 0 Å². The first-order valence-electron chi connectivity index (χ1n) is 10.0. The van der Waals surface area contributed by atoms with Crippen LogP contribution < -0.4 is 4.74 Å². The zero-order valence-corrected chi connectivity index (χ0v) is 15.9. The summed E-state index contributed by atoms with van der Waals surface area (Å²) >= 11 is 0. The fraction of sp³-hybridized carbons (Fsp3) is 0.231. The van der Waals surface area contributed by atoms with Gasteiger partial charge in [0.15, 0.2) is 0 Å². The van der Waals surface area contributed by atoms with Crippen LogP contribution in [0.25, 0.3) is 21.5 Å². The third-order valence-electron chi connectivity index (χ3n) is 5.18. The van der Waals surface area contributed by atoms with Gasteiger partial charge in [-0.25, -0.2) is 0 Å². The second-order valence-corrected chi connectivity index (χ2v) is 7.23. The van der Waals surface area contributed by atoms with Crippen molar-refractivity contribution in [2.24, 2.45) is 0 Å². The first-order valence-corrected chi connectivity index (χ1v) is 10.0. The maximum absolute atomic E-state index is 6.24. The maximum Gasteiger partial charge on any atom is 0.135 e. The number of unbranched alkanes of at least 4 members (excludes halogenated alkanes) is 3. The standard InChI is InChI=1S/C26H26O/c1-2-3-4-5-9-20-14-16-24(17-15-20)27-26-13-8-12-23-18-21-10-6-7-11-22(21)19-25(23)26/h6-8,10-19H,2-5,9H2,1H3. The molecule has 0 saturated carbocycles. The van der Waals surface area contributed by atoms with Gasteiger partial charge in [-0.15, -0.1) is 0 Å². The van der Waals surface area contributed by atoms with Crippen LogP contribution in [0.4, 0.5) is 0 Å². The average Bonchev–Trinajstić information content (AvgIpc) is 2.71. The van der Waals surface area contributed by atoms with Crippen molar-refractivity contribution in [2.45, 2.75) is 39.0 Å². The van der Waals surface area contributed by atoms with Crippen molar-refractivity contribution in [1.29, 1.82) is 0 Å². The molecule has 27 heavy (non-hydrogen) atoms. The molecule has 0 aliphatic rings. The average molecular weight is 354 g/mol. The number of aryl methyl sites for hydroxylation is 1. The SMILES string of the molecule is CCCCCCc1ccc(Oc2cccc3cc4ccccc4cc23)cc1. The van der Waals surface area contributed by atoms with E-state index in [9.17, 15) is 0 Å². The molecule has 1 heteroatoms. The van der Waals surface area contributed by atoms with Crippen molar-refractivity contribution in [3.05, 3.63) is 84.4 Å². The molecule has 0 bridgehead atoms. The van der Waals surface area contributed by atoms with E-state index in [1.807, 2.05) is 0 Å². The lowest BCUT2D eigenvalue weighted by Gasteiger charge is -2.11. The quantitative estimate of drug-likeness (QED) is 0.242. The summed E-state index contributed by atoms with van der Waals surface area (Å²) in [5.41, 5.74) is 1.39. The van der Waals surface area contributed by atoms with Crippen molar-refractivity contribution in [3.8, 4) is 11.5 Å². The summed E-state index contributed by atoms with van der Waals surface area (Å²) in [4.78, 5) is 0. The molecule has 0 aliphatic heterocycles. The van der Waals surface area contributed by atoms with Gasteiger partial charge in [0.2, 0.25) is 0 Å². The van der Waals surface area contributed by atoms with Crippen molar-refractivity contribution in [1.82, 2.24) is 0 Å². The lowest BCUT2D eigenvalue weighted by Crippen LogP contribution is -1.89. The Balaban J connectivity index is 1.55. The fourth-order valence-electron chi connectivity index (χ4n) is 3.63. The minimum absolute atomic E-state index is 0.896. The van der Waals surface area contributed by atoms with Gasteiger partial charge >= 0.3 is 0 Å². The molecule has 0 spiro atoms. The highest BCUT2D eigenvalue weighted by molar-refractivity contribution is 6.00. The topological polar surface area (TPSA) is 9.23 Å². The van der Waals surface area contributed by atoms with Crippen LogP contribution in [0.2, 0.25) is 0 Å². The van der Waals surface area contributed by atoms with E-state index in [1.165, 1.54) is 47.4 Å². The second-order valence-electron chi connectivity index (χ2n) is 7.23. The van der Waals surface area contributed by atoms with Gasteiger partial charge in [-0.05, 0) is 64.9 Å². The molecule has 0 heterocycles. The first-order chi connectivity index (χ1) is 13.3. The Bertz CT molecular complexity index is 1030. The number of fused-ring (bicyclic) bond motifs is 2. The lowest BCUT2D eigenvalue weighted by molar-refractivity contribution is 0.488. The zero-order valence-electron chi connectivity index (χ0n) is 15.9. The molecule has 0 aromatic heterocycles. The van der Waals surface area contributed by atoms with E-state index in [0.717, 1.165) is 23.3 Å². The summed E-state index contributed by atoms with van der Waals surface area (Å²) in [6.45, 7) is 2.25. The molecular weight excluding hydrogens is 328 g/mol. The Morgan fingerprint density at radius 1 is 0.667 bits per heavy atom. The summed E-state index contributed by atoms with van der Waals surface area (Å²) in [7, 11) is 0. The highest BCUT2D eigenvalue weighted by atomic mass is 16.5. The molecule has 136 valence electrons. The molecule has 0 fully saturated rings. The number of hydrogen-bond acceptors (Lipinski definition) is 1. The van der Waals surface area contributed by atoms with Crippen LogP contribution in [0.15, 0.2) is 78.9 Å². The summed E-state index contributed by atoms with van der Waals surface area (Å²) in [6.07, 6.45) is 6.35. The van der Waals surface area contributed by atoms with Gasteiger partial charge in [-0.2, -0.15) is 0 Å². The Morgan fingerprint density at radius 2 is 1.41 bits per heavy atom. The van der Waals surface area contributed by atoms with Gasteiger partial charge in [0.1, 0.15) is 11.5 Å². The molecule has 0 aliphatic carbocycles. The smallest absolute Gasteiger partial charge is 0.135 e.